The zero-order chi connectivity index (χ0) is 15.1. The molecule has 0 saturated heterocycles. The van der Waals surface area contributed by atoms with Crippen LogP contribution in [0.1, 0.15) is 17.2 Å². The van der Waals surface area contributed by atoms with Crippen LogP contribution in [0.15, 0.2) is 60.7 Å². The number of benzene rings is 2. The fourth-order valence-corrected chi connectivity index (χ4v) is 2.46. The van der Waals surface area contributed by atoms with Crippen molar-refractivity contribution in [1.82, 2.24) is 10.2 Å². The Kier molecular flexibility index (Phi) is 5.93. The van der Waals surface area contributed by atoms with E-state index in [1.807, 2.05) is 55.4 Å². The summed E-state index contributed by atoms with van der Waals surface area (Å²) in [6, 6.07) is 20.8. The maximum Gasteiger partial charge on any atom is 0.0791 e. The Morgan fingerprint density at radius 2 is 1.38 bits per heavy atom. The SMILES string of the molecule is CN(C)CC(O)CNC(c1ccccc1)c1ccccc1. The number of hydrogen-bond donors (Lipinski definition) is 2. The van der Waals surface area contributed by atoms with Gasteiger partial charge in [-0.05, 0) is 25.2 Å². The molecular formula is C18H24N2O. The minimum absolute atomic E-state index is 0.101. The Morgan fingerprint density at radius 1 is 0.905 bits per heavy atom. The molecule has 0 spiro atoms. The van der Waals surface area contributed by atoms with Gasteiger partial charge in [0.15, 0.2) is 0 Å². The topological polar surface area (TPSA) is 35.5 Å². The molecule has 0 amide bonds. The normalized spacial score (nSPS) is 12.8. The summed E-state index contributed by atoms with van der Waals surface area (Å²) in [6.07, 6.45) is -0.380. The van der Waals surface area contributed by atoms with Crippen LogP contribution in [0.25, 0.3) is 0 Å². The molecule has 3 heteroatoms. The van der Waals surface area contributed by atoms with Crippen LogP contribution in [0.3, 0.4) is 0 Å². The number of nitrogens with zero attached hydrogens (tertiary/aromatic N) is 1. The maximum absolute atomic E-state index is 10.1. The fraction of sp³-hybridized carbons (Fsp3) is 0.333. The molecule has 0 aliphatic rings. The van der Waals surface area contributed by atoms with E-state index in [4.69, 9.17) is 0 Å². The average molecular weight is 284 g/mol. The first-order valence-corrected chi connectivity index (χ1v) is 7.33. The molecular weight excluding hydrogens is 260 g/mol. The Bertz CT molecular complexity index is 474. The largest absolute Gasteiger partial charge is 0.390 e. The van der Waals surface area contributed by atoms with Crippen LogP contribution < -0.4 is 5.32 Å². The maximum atomic E-state index is 10.1. The number of aliphatic hydroxyl groups is 1. The Morgan fingerprint density at radius 3 is 1.81 bits per heavy atom. The first-order valence-electron chi connectivity index (χ1n) is 7.33. The van der Waals surface area contributed by atoms with E-state index in [1.165, 1.54) is 11.1 Å². The van der Waals surface area contributed by atoms with Crippen molar-refractivity contribution in [2.75, 3.05) is 27.2 Å². The van der Waals surface area contributed by atoms with Crippen molar-refractivity contribution >= 4 is 0 Å². The Balaban J connectivity index is 2.10. The highest BCUT2D eigenvalue weighted by molar-refractivity contribution is 5.31. The van der Waals surface area contributed by atoms with Crippen LogP contribution in [0.4, 0.5) is 0 Å². The minimum atomic E-state index is -0.380. The lowest BCUT2D eigenvalue weighted by Crippen LogP contribution is -2.37. The quantitative estimate of drug-likeness (QED) is 0.819. The van der Waals surface area contributed by atoms with E-state index in [0.717, 1.165) is 0 Å². The highest BCUT2D eigenvalue weighted by atomic mass is 16.3. The van der Waals surface area contributed by atoms with Crippen LogP contribution in [0.5, 0.6) is 0 Å². The van der Waals surface area contributed by atoms with E-state index in [9.17, 15) is 5.11 Å². The molecule has 0 heterocycles. The molecule has 0 aliphatic heterocycles. The Hall–Kier alpha value is -1.68. The van der Waals surface area contributed by atoms with E-state index in [0.29, 0.717) is 13.1 Å². The van der Waals surface area contributed by atoms with Gasteiger partial charge < -0.3 is 15.3 Å². The minimum Gasteiger partial charge on any atom is -0.390 e. The highest BCUT2D eigenvalue weighted by Gasteiger charge is 2.15. The van der Waals surface area contributed by atoms with Crippen LogP contribution in [-0.4, -0.2) is 43.3 Å². The van der Waals surface area contributed by atoms with Crippen LogP contribution >= 0.6 is 0 Å². The second-order valence-corrected chi connectivity index (χ2v) is 5.58. The fourth-order valence-electron chi connectivity index (χ4n) is 2.46. The van der Waals surface area contributed by atoms with Gasteiger partial charge in [-0.15, -0.1) is 0 Å². The lowest BCUT2D eigenvalue weighted by Gasteiger charge is -2.23. The lowest BCUT2D eigenvalue weighted by atomic mass is 9.98. The van der Waals surface area contributed by atoms with Crippen molar-refractivity contribution in [3.05, 3.63) is 71.8 Å². The summed E-state index contributed by atoms with van der Waals surface area (Å²) in [6.45, 7) is 1.22. The van der Waals surface area contributed by atoms with Crippen LogP contribution in [-0.2, 0) is 0 Å². The summed E-state index contributed by atoms with van der Waals surface area (Å²) < 4.78 is 0. The zero-order valence-corrected chi connectivity index (χ0v) is 12.7. The van der Waals surface area contributed by atoms with Crippen LogP contribution in [0, 0.1) is 0 Å². The van der Waals surface area contributed by atoms with Crippen molar-refractivity contribution in [3.63, 3.8) is 0 Å². The summed E-state index contributed by atoms with van der Waals surface area (Å²) in [4.78, 5) is 1.99. The van der Waals surface area contributed by atoms with E-state index in [1.54, 1.807) is 0 Å². The van der Waals surface area contributed by atoms with Gasteiger partial charge in [0.1, 0.15) is 0 Å². The highest BCUT2D eigenvalue weighted by Crippen LogP contribution is 2.21. The molecule has 2 aromatic carbocycles. The number of hydrogen-bond acceptors (Lipinski definition) is 3. The van der Waals surface area contributed by atoms with Gasteiger partial charge in [-0.2, -0.15) is 0 Å². The van der Waals surface area contributed by atoms with Gasteiger partial charge in [0.25, 0.3) is 0 Å². The van der Waals surface area contributed by atoms with Gasteiger partial charge in [0.2, 0.25) is 0 Å². The molecule has 2 aromatic rings. The molecule has 0 aliphatic carbocycles. The predicted molar refractivity (Wildman–Crippen MR) is 87.3 cm³/mol. The lowest BCUT2D eigenvalue weighted by molar-refractivity contribution is 0.133. The molecule has 0 saturated carbocycles. The molecule has 21 heavy (non-hydrogen) atoms. The summed E-state index contributed by atoms with van der Waals surface area (Å²) in [7, 11) is 3.93. The van der Waals surface area contributed by atoms with Gasteiger partial charge in [-0.1, -0.05) is 60.7 Å². The smallest absolute Gasteiger partial charge is 0.0791 e. The van der Waals surface area contributed by atoms with Crippen molar-refractivity contribution in [2.24, 2.45) is 0 Å². The van der Waals surface area contributed by atoms with Crippen molar-refractivity contribution < 1.29 is 5.11 Å². The van der Waals surface area contributed by atoms with Gasteiger partial charge in [0, 0.05) is 13.1 Å². The first-order chi connectivity index (χ1) is 10.2. The standard InChI is InChI=1S/C18H24N2O/c1-20(2)14-17(21)13-19-18(15-9-5-3-6-10-15)16-11-7-4-8-12-16/h3-12,17-19,21H,13-14H2,1-2H3. The van der Waals surface area contributed by atoms with E-state index in [-0.39, 0.29) is 12.1 Å². The predicted octanol–water partition coefficient (Wildman–Crippen LogP) is 2.29. The molecule has 3 nitrogen and oxygen atoms in total. The molecule has 0 fully saturated rings. The van der Waals surface area contributed by atoms with Gasteiger partial charge in [0.05, 0.1) is 12.1 Å². The Labute approximate surface area is 127 Å². The number of aliphatic hydroxyl groups excluding tert-OH is 1. The molecule has 0 radical (unpaired) electrons. The van der Waals surface area contributed by atoms with Crippen LogP contribution in [0.2, 0.25) is 0 Å². The van der Waals surface area contributed by atoms with E-state index in [2.05, 4.69) is 29.6 Å². The van der Waals surface area contributed by atoms with Crippen molar-refractivity contribution in [2.45, 2.75) is 12.1 Å². The average Bonchev–Trinajstić information content (AvgIpc) is 2.49. The summed E-state index contributed by atoms with van der Waals surface area (Å²) >= 11 is 0. The molecule has 1 atom stereocenters. The number of rotatable bonds is 7. The summed E-state index contributed by atoms with van der Waals surface area (Å²) in [5, 5.41) is 13.5. The molecule has 112 valence electrons. The molecule has 1 unspecified atom stereocenters. The van der Waals surface area contributed by atoms with Crippen molar-refractivity contribution in [3.8, 4) is 0 Å². The second kappa shape index (κ2) is 7.93. The first kappa shape index (κ1) is 15.7. The van der Waals surface area contributed by atoms with E-state index < -0.39 is 0 Å². The molecule has 0 bridgehead atoms. The third-order valence-corrected chi connectivity index (χ3v) is 3.40. The summed E-state index contributed by atoms with van der Waals surface area (Å²) in [5.41, 5.74) is 2.42. The second-order valence-electron chi connectivity index (χ2n) is 5.58. The third-order valence-electron chi connectivity index (χ3n) is 3.40. The van der Waals surface area contributed by atoms with Crippen molar-refractivity contribution in [1.29, 1.82) is 0 Å². The third kappa shape index (κ3) is 4.97. The van der Waals surface area contributed by atoms with Gasteiger partial charge in [-0.3, -0.25) is 0 Å². The number of nitrogens with one attached hydrogen (secondary N) is 1. The van der Waals surface area contributed by atoms with E-state index >= 15 is 0 Å². The van der Waals surface area contributed by atoms with Gasteiger partial charge in [-0.25, -0.2) is 0 Å². The monoisotopic (exact) mass is 284 g/mol. The summed E-state index contributed by atoms with van der Waals surface area (Å²) in [5.74, 6) is 0. The molecule has 2 rings (SSSR count). The number of likely N-dealkylation sites (N-methyl/N-ethyl adjacent to an activating group) is 1. The zero-order valence-electron chi connectivity index (χ0n) is 12.7. The molecule has 0 aromatic heterocycles. The van der Waals surface area contributed by atoms with Gasteiger partial charge >= 0.3 is 0 Å². The molecule has 2 N–H and O–H groups in total.